The second-order valence-electron chi connectivity index (χ2n) is 3.84. The van der Waals surface area contributed by atoms with E-state index in [1.54, 1.807) is 22.1 Å². The monoisotopic (exact) mass is 257 g/mol. The molecule has 0 saturated heterocycles. The summed E-state index contributed by atoms with van der Waals surface area (Å²) in [5.74, 6) is 0. The average molecular weight is 257 g/mol. The molecule has 3 heterocycles. The van der Waals surface area contributed by atoms with Crippen molar-refractivity contribution in [2.75, 3.05) is 0 Å². The van der Waals surface area contributed by atoms with Crippen LogP contribution in [0.1, 0.15) is 6.92 Å². The third-order valence-corrected chi connectivity index (χ3v) is 3.68. The maximum atomic E-state index is 12.0. The Morgan fingerprint density at radius 2 is 2.22 bits per heavy atom. The van der Waals surface area contributed by atoms with Crippen molar-refractivity contribution in [2.45, 2.75) is 13.5 Å². The van der Waals surface area contributed by atoms with Crippen molar-refractivity contribution >= 4 is 22.4 Å². The lowest BCUT2D eigenvalue weighted by Gasteiger charge is -2.08. The van der Waals surface area contributed by atoms with Crippen LogP contribution in [-0.2, 0) is 6.54 Å². The van der Waals surface area contributed by atoms with Gasteiger partial charge in [0.05, 0.1) is 10.6 Å². The molecule has 0 unspecified atom stereocenters. The first-order valence-electron chi connectivity index (χ1n) is 5.70. The summed E-state index contributed by atoms with van der Waals surface area (Å²) in [7, 11) is 0. The first kappa shape index (κ1) is 11.1. The maximum absolute atomic E-state index is 12.0. The number of hydrogen-bond donors (Lipinski definition) is 0. The van der Waals surface area contributed by atoms with E-state index in [1.807, 2.05) is 36.6 Å². The topological polar surface area (TPSA) is 47.8 Å². The zero-order valence-corrected chi connectivity index (χ0v) is 10.6. The number of nitrogens with zero attached hydrogens (tertiary/aromatic N) is 3. The van der Waals surface area contributed by atoms with Crippen LogP contribution in [0.25, 0.3) is 21.6 Å². The number of rotatable bonds is 2. The quantitative estimate of drug-likeness (QED) is 0.708. The molecule has 3 rings (SSSR count). The van der Waals surface area contributed by atoms with E-state index in [-0.39, 0.29) is 5.69 Å². The molecule has 5 heteroatoms. The van der Waals surface area contributed by atoms with Crippen LogP contribution in [-0.4, -0.2) is 14.5 Å². The molecule has 0 radical (unpaired) electrons. The van der Waals surface area contributed by atoms with E-state index in [4.69, 9.17) is 0 Å². The SMILES string of the molecule is CCn1c(=O)nc(-c2cccs2)c2cccnc21. The Balaban J connectivity index is 2.44. The molecule has 4 nitrogen and oxygen atoms in total. The Kier molecular flexibility index (Phi) is 2.68. The van der Waals surface area contributed by atoms with Crippen LogP contribution in [0, 0.1) is 0 Å². The van der Waals surface area contributed by atoms with Crippen LogP contribution in [0.15, 0.2) is 40.6 Å². The lowest BCUT2D eigenvalue weighted by atomic mass is 10.2. The van der Waals surface area contributed by atoms with Crippen molar-refractivity contribution in [3.63, 3.8) is 0 Å². The molecule has 0 N–H and O–H groups in total. The van der Waals surface area contributed by atoms with Crippen molar-refractivity contribution in [2.24, 2.45) is 0 Å². The van der Waals surface area contributed by atoms with E-state index < -0.39 is 0 Å². The Hall–Kier alpha value is -2.01. The molecular weight excluding hydrogens is 246 g/mol. The van der Waals surface area contributed by atoms with Crippen molar-refractivity contribution in [1.82, 2.24) is 14.5 Å². The largest absolute Gasteiger partial charge is 0.349 e. The lowest BCUT2D eigenvalue weighted by Crippen LogP contribution is -2.23. The van der Waals surface area contributed by atoms with E-state index in [2.05, 4.69) is 9.97 Å². The summed E-state index contributed by atoms with van der Waals surface area (Å²) in [6.45, 7) is 2.49. The van der Waals surface area contributed by atoms with Gasteiger partial charge in [0.15, 0.2) is 0 Å². The van der Waals surface area contributed by atoms with Crippen LogP contribution in [0.5, 0.6) is 0 Å². The highest BCUT2D eigenvalue weighted by molar-refractivity contribution is 7.13. The fourth-order valence-electron chi connectivity index (χ4n) is 1.99. The number of pyridine rings is 1. The van der Waals surface area contributed by atoms with E-state index in [9.17, 15) is 4.79 Å². The minimum absolute atomic E-state index is 0.243. The number of aromatic nitrogens is 3. The Morgan fingerprint density at radius 1 is 1.33 bits per heavy atom. The van der Waals surface area contributed by atoms with Gasteiger partial charge >= 0.3 is 5.69 Å². The van der Waals surface area contributed by atoms with Gasteiger partial charge in [0.1, 0.15) is 5.65 Å². The standard InChI is InChI=1S/C13H11N3OS/c1-2-16-12-9(5-3-7-14-12)11(15-13(16)17)10-6-4-8-18-10/h3-8H,2H2,1H3. The predicted octanol–water partition coefficient (Wildman–Crippen LogP) is 2.54. The van der Waals surface area contributed by atoms with Gasteiger partial charge in [0.2, 0.25) is 0 Å². The predicted molar refractivity (Wildman–Crippen MR) is 72.8 cm³/mol. The Labute approximate surface area is 108 Å². The van der Waals surface area contributed by atoms with Crippen LogP contribution >= 0.6 is 11.3 Å². The highest BCUT2D eigenvalue weighted by atomic mass is 32.1. The zero-order chi connectivity index (χ0) is 12.5. The molecule has 0 saturated carbocycles. The van der Waals surface area contributed by atoms with Gasteiger partial charge in [0, 0.05) is 18.1 Å². The summed E-state index contributed by atoms with van der Waals surface area (Å²) in [6, 6.07) is 7.74. The molecule has 0 atom stereocenters. The highest BCUT2D eigenvalue weighted by Gasteiger charge is 2.12. The normalized spacial score (nSPS) is 10.9. The molecule has 90 valence electrons. The molecule has 0 fully saturated rings. The van der Waals surface area contributed by atoms with Gasteiger partial charge < -0.3 is 0 Å². The minimum atomic E-state index is -0.243. The molecule has 3 aromatic heterocycles. The zero-order valence-electron chi connectivity index (χ0n) is 9.83. The van der Waals surface area contributed by atoms with Crippen LogP contribution < -0.4 is 5.69 Å². The molecule has 0 amide bonds. The average Bonchev–Trinajstić information content (AvgIpc) is 2.91. The molecule has 18 heavy (non-hydrogen) atoms. The summed E-state index contributed by atoms with van der Waals surface area (Å²) >= 11 is 1.57. The van der Waals surface area contributed by atoms with Crippen LogP contribution in [0.3, 0.4) is 0 Å². The summed E-state index contributed by atoms with van der Waals surface area (Å²) in [4.78, 5) is 21.5. The van der Waals surface area contributed by atoms with Crippen molar-refractivity contribution < 1.29 is 0 Å². The Bertz CT molecular complexity index is 747. The van der Waals surface area contributed by atoms with Gasteiger partial charge in [0.25, 0.3) is 0 Å². The Morgan fingerprint density at radius 3 is 2.94 bits per heavy atom. The number of thiophene rings is 1. The van der Waals surface area contributed by atoms with Gasteiger partial charge in [-0.25, -0.2) is 9.78 Å². The molecule has 0 spiro atoms. The maximum Gasteiger partial charge on any atom is 0.349 e. The molecule has 0 aromatic carbocycles. The molecule has 0 aliphatic carbocycles. The number of fused-ring (bicyclic) bond motifs is 1. The van der Waals surface area contributed by atoms with Gasteiger partial charge in [-0.15, -0.1) is 11.3 Å². The number of hydrogen-bond acceptors (Lipinski definition) is 4. The lowest BCUT2D eigenvalue weighted by molar-refractivity contribution is 0.724. The minimum Gasteiger partial charge on any atom is -0.276 e. The highest BCUT2D eigenvalue weighted by Crippen LogP contribution is 2.27. The van der Waals surface area contributed by atoms with E-state index >= 15 is 0 Å². The fourth-order valence-corrected chi connectivity index (χ4v) is 2.72. The summed E-state index contributed by atoms with van der Waals surface area (Å²) < 4.78 is 1.59. The van der Waals surface area contributed by atoms with Crippen molar-refractivity contribution in [1.29, 1.82) is 0 Å². The van der Waals surface area contributed by atoms with E-state index in [1.165, 1.54) is 0 Å². The molecule has 0 aliphatic heterocycles. The first-order valence-corrected chi connectivity index (χ1v) is 6.58. The van der Waals surface area contributed by atoms with Gasteiger partial charge in [-0.05, 0) is 30.5 Å². The van der Waals surface area contributed by atoms with Crippen molar-refractivity contribution in [3.05, 3.63) is 46.3 Å². The summed E-state index contributed by atoms with van der Waals surface area (Å²) in [5, 5.41) is 2.89. The van der Waals surface area contributed by atoms with Crippen molar-refractivity contribution in [3.8, 4) is 10.6 Å². The second-order valence-corrected chi connectivity index (χ2v) is 4.79. The summed E-state index contributed by atoms with van der Waals surface area (Å²) in [5.41, 5.74) is 1.18. The molecular formula is C13H11N3OS. The van der Waals surface area contributed by atoms with Crippen LogP contribution in [0.4, 0.5) is 0 Å². The molecule has 0 aliphatic rings. The van der Waals surface area contributed by atoms with Gasteiger partial charge in [-0.1, -0.05) is 6.07 Å². The van der Waals surface area contributed by atoms with Gasteiger partial charge in [-0.3, -0.25) is 4.57 Å². The van der Waals surface area contributed by atoms with Gasteiger partial charge in [-0.2, -0.15) is 4.98 Å². The third kappa shape index (κ3) is 1.64. The van der Waals surface area contributed by atoms with E-state index in [0.717, 1.165) is 16.0 Å². The van der Waals surface area contributed by atoms with E-state index in [0.29, 0.717) is 12.2 Å². The van der Waals surface area contributed by atoms with Crippen LogP contribution in [0.2, 0.25) is 0 Å². The molecule has 3 aromatic rings. The third-order valence-electron chi connectivity index (χ3n) is 2.81. The number of aryl methyl sites for hydroxylation is 1. The fraction of sp³-hybridized carbons (Fsp3) is 0.154. The second kappa shape index (κ2) is 4.34. The smallest absolute Gasteiger partial charge is 0.276 e. The first-order chi connectivity index (χ1) is 8.81. The molecule has 0 bridgehead atoms. The summed E-state index contributed by atoms with van der Waals surface area (Å²) in [6.07, 6.45) is 1.70.